The van der Waals surface area contributed by atoms with Gasteiger partial charge in [-0.25, -0.2) is 0 Å². The fourth-order valence-electron chi connectivity index (χ4n) is 2.82. The van der Waals surface area contributed by atoms with Crippen molar-refractivity contribution in [1.29, 1.82) is 0 Å². The van der Waals surface area contributed by atoms with E-state index in [4.69, 9.17) is 0 Å². The standard InChI is InChI=1S/C16H14F2O2S/c17-16(18)20-13-6-2-1-4-12(13)15(19)11-5-3-7-14-10(11)8-9-21-14/h1-2,4,6,8-9,11,16H,3,5,7H2. The number of halogens is 2. The third kappa shape index (κ3) is 2.83. The maximum absolute atomic E-state index is 12.7. The van der Waals surface area contributed by atoms with Crippen LogP contribution in [-0.4, -0.2) is 12.4 Å². The number of hydrogen-bond donors (Lipinski definition) is 0. The molecule has 0 amide bonds. The van der Waals surface area contributed by atoms with Crippen LogP contribution in [0.2, 0.25) is 0 Å². The van der Waals surface area contributed by atoms with Gasteiger partial charge in [-0.2, -0.15) is 8.78 Å². The molecule has 1 heterocycles. The molecule has 0 aliphatic heterocycles. The van der Waals surface area contributed by atoms with Gasteiger partial charge in [-0.1, -0.05) is 12.1 Å². The van der Waals surface area contributed by atoms with E-state index in [9.17, 15) is 13.6 Å². The van der Waals surface area contributed by atoms with Gasteiger partial charge in [0, 0.05) is 10.8 Å². The third-order valence-electron chi connectivity index (χ3n) is 3.74. The summed E-state index contributed by atoms with van der Waals surface area (Å²) in [7, 11) is 0. The summed E-state index contributed by atoms with van der Waals surface area (Å²) in [6, 6.07) is 8.20. The molecule has 110 valence electrons. The minimum Gasteiger partial charge on any atom is -0.434 e. The molecular weight excluding hydrogens is 294 g/mol. The summed E-state index contributed by atoms with van der Waals surface area (Å²) in [5.74, 6) is -0.423. The molecule has 1 aliphatic rings. The number of benzene rings is 1. The van der Waals surface area contributed by atoms with E-state index in [1.165, 1.54) is 10.9 Å². The number of ketones is 1. The van der Waals surface area contributed by atoms with Crippen molar-refractivity contribution in [3.05, 3.63) is 51.7 Å². The van der Waals surface area contributed by atoms with Crippen LogP contribution in [0.3, 0.4) is 0 Å². The van der Waals surface area contributed by atoms with Crippen LogP contribution in [0.1, 0.15) is 39.6 Å². The van der Waals surface area contributed by atoms with Crippen LogP contribution in [0.5, 0.6) is 5.75 Å². The van der Waals surface area contributed by atoms with E-state index in [1.807, 2.05) is 11.4 Å². The predicted molar refractivity (Wildman–Crippen MR) is 77.4 cm³/mol. The zero-order chi connectivity index (χ0) is 14.8. The fourth-order valence-corrected chi connectivity index (χ4v) is 3.80. The van der Waals surface area contributed by atoms with Gasteiger partial charge in [-0.15, -0.1) is 11.3 Å². The number of fused-ring (bicyclic) bond motifs is 1. The number of thiophene rings is 1. The lowest BCUT2D eigenvalue weighted by atomic mass is 9.82. The summed E-state index contributed by atoms with van der Waals surface area (Å²) >= 11 is 1.65. The Labute approximate surface area is 125 Å². The highest BCUT2D eigenvalue weighted by Crippen LogP contribution is 2.38. The molecule has 21 heavy (non-hydrogen) atoms. The highest BCUT2D eigenvalue weighted by molar-refractivity contribution is 7.10. The van der Waals surface area contributed by atoms with E-state index in [2.05, 4.69) is 4.74 Å². The first-order chi connectivity index (χ1) is 10.2. The summed E-state index contributed by atoms with van der Waals surface area (Å²) in [6.07, 6.45) is 2.69. The lowest BCUT2D eigenvalue weighted by Crippen LogP contribution is -2.18. The van der Waals surface area contributed by atoms with Gasteiger partial charge in [0.1, 0.15) is 5.75 Å². The molecule has 1 unspecified atom stereocenters. The molecule has 3 rings (SSSR count). The van der Waals surface area contributed by atoms with Crippen molar-refractivity contribution >= 4 is 17.1 Å². The monoisotopic (exact) mass is 308 g/mol. The second-order valence-corrected chi connectivity index (χ2v) is 5.98. The second-order valence-electron chi connectivity index (χ2n) is 4.98. The molecule has 0 bridgehead atoms. The van der Waals surface area contributed by atoms with Gasteiger partial charge in [0.05, 0.1) is 5.56 Å². The van der Waals surface area contributed by atoms with E-state index < -0.39 is 6.61 Å². The molecule has 1 aromatic heterocycles. The molecule has 0 saturated heterocycles. The van der Waals surface area contributed by atoms with E-state index in [0.717, 1.165) is 24.8 Å². The molecule has 0 saturated carbocycles. The molecule has 0 spiro atoms. The number of ether oxygens (including phenoxy) is 1. The van der Waals surface area contributed by atoms with Crippen LogP contribution in [0, 0.1) is 0 Å². The Morgan fingerprint density at radius 2 is 2.10 bits per heavy atom. The van der Waals surface area contributed by atoms with Crippen molar-refractivity contribution < 1.29 is 18.3 Å². The highest BCUT2D eigenvalue weighted by Gasteiger charge is 2.29. The van der Waals surface area contributed by atoms with Gasteiger partial charge in [-0.3, -0.25) is 4.79 Å². The van der Waals surface area contributed by atoms with Crippen LogP contribution in [0.15, 0.2) is 35.7 Å². The normalized spacial score (nSPS) is 17.6. The number of Topliss-reactive ketones (excluding diaryl/α,β-unsaturated/α-hetero) is 1. The predicted octanol–water partition coefficient (Wildman–Crippen LogP) is 4.65. The van der Waals surface area contributed by atoms with Crippen molar-refractivity contribution in [2.45, 2.75) is 31.8 Å². The molecule has 2 nitrogen and oxygen atoms in total. The molecule has 2 aromatic rings. The zero-order valence-electron chi connectivity index (χ0n) is 11.2. The Kier molecular flexibility index (Phi) is 4.01. The van der Waals surface area contributed by atoms with Gasteiger partial charge in [0.15, 0.2) is 5.78 Å². The van der Waals surface area contributed by atoms with Gasteiger partial charge in [0.25, 0.3) is 0 Å². The first-order valence-electron chi connectivity index (χ1n) is 6.81. The lowest BCUT2D eigenvalue weighted by Gasteiger charge is -2.22. The molecule has 5 heteroatoms. The molecule has 1 aromatic carbocycles. The minimum absolute atomic E-state index is 0.0418. The summed E-state index contributed by atoms with van der Waals surface area (Å²) < 4.78 is 29.4. The molecule has 1 atom stereocenters. The number of carbonyl (C=O) groups is 1. The highest BCUT2D eigenvalue weighted by atomic mass is 32.1. The number of para-hydroxylation sites is 1. The minimum atomic E-state index is -2.93. The Morgan fingerprint density at radius 3 is 2.90 bits per heavy atom. The SMILES string of the molecule is O=C(c1ccccc1OC(F)F)C1CCCc2sccc21. The molecule has 0 radical (unpaired) electrons. The Balaban J connectivity index is 1.94. The van der Waals surface area contributed by atoms with E-state index in [0.29, 0.717) is 0 Å². The Morgan fingerprint density at radius 1 is 1.29 bits per heavy atom. The number of aryl methyl sites for hydroxylation is 1. The summed E-state index contributed by atoms with van der Waals surface area (Å²) in [4.78, 5) is 14.0. The van der Waals surface area contributed by atoms with Gasteiger partial charge in [0.2, 0.25) is 0 Å². The van der Waals surface area contributed by atoms with Crippen LogP contribution >= 0.6 is 11.3 Å². The molecule has 0 N–H and O–H groups in total. The molecule has 1 aliphatic carbocycles. The Bertz CT molecular complexity index is 651. The van der Waals surface area contributed by atoms with Crippen molar-refractivity contribution in [3.8, 4) is 5.75 Å². The van der Waals surface area contributed by atoms with Crippen molar-refractivity contribution in [1.82, 2.24) is 0 Å². The molecule has 0 fully saturated rings. The average Bonchev–Trinajstić information content (AvgIpc) is 2.95. The number of alkyl halides is 2. The topological polar surface area (TPSA) is 26.3 Å². The smallest absolute Gasteiger partial charge is 0.387 e. The Hall–Kier alpha value is -1.75. The van der Waals surface area contributed by atoms with Crippen molar-refractivity contribution in [2.24, 2.45) is 0 Å². The van der Waals surface area contributed by atoms with Crippen molar-refractivity contribution in [3.63, 3.8) is 0 Å². The zero-order valence-corrected chi connectivity index (χ0v) is 12.0. The number of hydrogen-bond acceptors (Lipinski definition) is 3. The molecular formula is C16H14F2O2S. The quantitative estimate of drug-likeness (QED) is 0.768. The number of rotatable bonds is 4. The van der Waals surface area contributed by atoms with E-state index in [-0.39, 0.29) is 23.0 Å². The maximum Gasteiger partial charge on any atom is 0.387 e. The van der Waals surface area contributed by atoms with Crippen LogP contribution < -0.4 is 4.74 Å². The first-order valence-corrected chi connectivity index (χ1v) is 7.69. The average molecular weight is 308 g/mol. The van der Waals surface area contributed by atoms with Crippen molar-refractivity contribution in [2.75, 3.05) is 0 Å². The fraction of sp³-hybridized carbons (Fsp3) is 0.312. The summed E-state index contributed by atoms with van der Waals surface area (Å²) in [5, 5.41) is 1.98. The van der Waals surface area contributed by atoms with E-state index >= 15 is 0 Å². The second kappa shape index (κ2) is 5.93. The third-order valence-corrected chi connectivity index (χ3v) is 4.73. The summed E-state index contributed by atoms with van der Waals surface area (Å²) in [5.41, 5.74) is 1.28. The van der Waals surface area contributed by atoms with E-state index in [1.54, 1.807) is 29.5 Å². The summed E-state index contributed by atoms with van der Waals surface area (Å²) in [6.45, 7) is -2.93. The van der Waals surface area contributed by atoms with Gasteiger partial charge >= 0.3 is 6.61 Å². The van der Waals surface area contributed by atoms with Gasteiger partial charge in [-0.05, 0) is 48.4 Å². The van der Waals surface area contributed by atoms with Crippen LogP contribution in [0.25, 0.3) is 0 Å². The lowest BCUT2D eigenvalue weighted by molar-refractivity contribution is -0.0501. The largest absolute Gasteiger partial charge is 0.434 e. The maximum atomic E-state index is 12.7. The van der Waals surface area contributed by atoms with Crippen LogP contribution in [0.4, 0.5) is 8.78 Å². The first kappa shape index (κ1) is 14.2. The number of carbonyl (C=O) groups excluding carboxylic acids is 1. The van der Waals surface area contributed by atoms with Gasteiger partial charge < -0.3 is 4.74 Å². The van der Waals surface area contributed by atoms with Crippen LogP contribution in [-0.2, 0) is 6.42 Å².